The molecule has 1 aliphatic rings. The lowest BCUT2D eigenvalue weighted by molar-refractivity contribution is 0.660. The third kappa shape index (κ3) is 5.26. The molecule has 0 fully saturated rings. The van der Waals surface area contributed by atoms with Gasteiger partial charge in [0.2, 0.25) is 0 Å². The van der Waals surface area contributed by atoms with Gasteiger partial charge in [0.25, 0.3) is 0 Å². The minimum atomic E-state index is -0.120. The van der Waals surface area contributed by atoms with Crippen molar-refractivity contribution < 1.29 is 0 Å². The van der Waals surface area contributed by atoms with Gasteiger partial charge in [0.15, 0.2) is 5.82 Å². The normalized spacial score (nSPS) is 13.1. The molecule has 0 radical (unpaired) electrons. The standard InChI is InChI=1S/C55H37N3S/c1-55(2)46-23-10-6-17-39(46)40-28-27-35(32-47(40)55)36-29-37(31-38(30-36)58-50-24-11-7-18-41(50)42-19-8-12-25-51(42)58)54-56-48(34-15-4-3-5-16-34)33-49(57-54)45-22-14-21-44-43-20-9-13-26-52(43)59-53(44)45/h3-33H,1-2H3. The lowest BCUT2D eigenvalue weighted by Gasteiger charge is -2.22. The molecule has 3 nitrogen and oxygen atoms in total. The molecular weight excluding hydrogens is 735 g/mol. The molecule has 4 heteroatoms. The molecule has 8 aromatic carbocycles. The molecule has 0 unspecified atom stereocenters. The molecule has 0 N–H and O–H groups in total. The Morgan fingerprint density at radius 2 is 1.05 bits per heavy atom. The Morgan fingerprint density at radius 1 is 0.424 bits per heavy atom. The van der Waals surface area contributed by atoms with E-state index in [9.17, 15) is 0 Å². The van der Waals surface area contributed by atoms with Crippen LogP contribution in [0.4, 0.5) is 0 Å². The van der Waals surface area contributed by atoms with Crippen molar-refractivity contribution in [2.24, 2.45) is 0 Å². The van der Waals surface area contributed by atoms with Gasteiger partial charge in [-0.25, -0.2) is 9.97 Å². The van der Waals surface area contributed by atoms with Crippen LogP contribution in [-0.4, -0.2) is 14.5 Å². The maximum absolute atomic E-state index is 5.50. The fourth-order valence-electron chi connectivity index (χ4n) is 9.54. The van der Waals surface area contributed by atoms with Gasteiger partial charge in [-0.3, -0.25) is 0 Å². The van der Waals surface area contributed by atoms with Gasteiger partial charge in [0, 0.05) is 58.7 Å². The number of para-hydroxylation sites is 2. The molecular formula is C55H37N3S. The molecule has 3 heterocycles. The van der Waals surface area contributed by atoms with E-state index in [-0.39, 0.29) is 5.41 Å². The number of aromatic nitrogens is 3. The molecule has 0 amide bonds. The van der Waals surface area contributed by atoms with Crippen LogP contribution in [0, 0.1) is 0 Å². The van der Waals surface area contributed by atoms with Gasteiger partial charge in [-0.05, 0) is 81.9 Å². The van der Waals surface area contributed by atoms with E-state index < -0.39 is 0 Å². The van der Waals surface area contributed by atoms with Crippen molar-refractivity contribution in [1.82, 2.24) is 14.5 Å². The predicted molar refractivity (Wildman–Crippen MR) is 249 cm³/mol. The third-order valence-corrected chi connectivity index (χ3v) is 13.6. The van der Waals surface area contributed by atoms with E-state index >= 15 is 0 Å². The minimum Gasteiger partial charge on any atom is -0.309 e. The number of hydrogen-bond donors (Lipinski definition) is 0. The highest BCUT2D eigenvalue weighted by molar-refractivity contribution is 7.26. The van der Waals surface area contributed by atoms with Crippen molar-refractivity contribution >= 4 is 53.3 Å². The van der Waals surface area contributed by atoms with E-state index in [1.54, 1.807) is 0 Å². The van der Waals surface area contributed by atoms with Crippen LogP contribution in [0.3, 0.4) is 0 Å². The summed E-state index contributed by atoms with van der Waals surface area (Å²) in [5.41, 5.74) is 15.9. The average molecular weight is 772 g/mol. The van der Waals surface area contributed by atoms with Crippen molar-refractivity contribution in [3.63, 3.8) is 0 Å². The molecule has 11 aromatic rings. The molecule has 59 heavy (non-hydrogen) atoms. The molecule has 278 valence electrons. The number of nitrogens with zero attached hydrogens (tertiary/aromatic N) is 3. The smallest absolute Gasteiger partial charge is 0.160 e. The Morgan fingerprint density at radius 3 is 1.86 bits per heavy atom. The molecule has 0 saturated carbocycles. The largest absolute Gasteiger partial charge is 0.309 e. The molecule has 12 rings (SSSR count). The van der Waals surface area contributed by atoms with Crippen molar-refractivity contribution in [2.45, 2.75) is 19.3 Å². The van der Waals surface area contributed by atoms with Gasteiger partial charge < -0.3 is 4.57 Å². The Labute approximate surface area is 346 Å². The second-order valence-corrected chi connectivity index (χ2v) is 17.2. The second-order valence-electron chi connectivity index (χ2n) is 16.2. The zero-order valence-electron chi connectivity index (χ0n) is 32.6. The topological polar surface area (TPSA) is 30.7 Å². The number of hydrogen-bond acceptors (Lipinski definition) is 3. The Bertz CT molecular complexity index is 3430. The van der Waals surface area contributed by atoms with Crippen molar-refractivity contribution in [3.8, 4) is 61.8 Å². The summed E-state index contributed by atoms with van der Waals surface area (Å²) in [6.07, 6.45) is 0. The summed E-state index contributed by atoms with van der Waals surface area (Å²) < 4.78 is 4.92. The van der Waals surface area contributed by atoms with Crippen LogP contribution in [0.5, 0.6) is 0 Å². The van der Waals surface area contributed by atoms with Crippen molar-refractivity contribution in [1.29, 1.82) is 0 Å². The first-order valence-corrected chi connectivity index (χ1v) is 21.1. The van der Waals surface area contributed by atoms with Crippen LogP contribution in [0.1, 0.15) is 25.0 Å². The van der Waals surface area contributed by atoms with Crippen LogP contribution >= 0.6 is 11.3 Å². The maximum Gasteiger partial charge on any atom is 0.160 e. The summed E-state index contributed by atoms with van der Waals surface area (Å²) in [5.74, 6) is 0.692. The lowest BCUT2D eigenvalue weighted by atomic mass is 9.81. The first kappa shape index (κ1) is 33.9. The molecule has 0 atom stereocenters. The monoisotopic (exact) mass is 771 g/mol. The van der Waals surface area contributed by atoms with Gasteiger partial charge in [-0.2, -0.15) is 0 Å². The van der Waals surface area contributed by atoms with Crippen molar-refractivity contribution in [2.75, 3.05) is 0 Å². The van der Waals surface area contributed by atoms with Crippen LogP contribution in [0.25, 0.3) is 104 Å². The highest BCUT2D eigenvalue weighted by atomic mass is 32.1. The van der Waals surface area contributed by atoms with Crippen LogP contribution in [-0.2, 0) is 5.41 Å². The number of benzene rings is 8. The molecule has 3 aromatic heterocycles. The Balaban J connectivity index is 1.13. The maximum atomic E-state index is 5.50. The zero-order chi connectivity index (χ0) is 39.2. The highest BCUT2D eigenvalue weighted by Gasteiger charge is 2.35. The molecule has 0 bridgehead atoms. The van der Waals surface area contributed by atoms with E-state index in [4.69, 9.17) is 9.97 Å². The highest BCUT2D eigenvalue weighted by Crippen LogP contribution is 2.50. The van der Waals surface area contributed by atoms with Gasteiger partial charge in [0.1, 0.15) is 0 Å². The van der Waals surface area contributed by atoms with Gasteiger partial charge in [-0.1, -0.05) is 153 Å². The van der Waals surface area contributed by atoms with Gasteiger partial charge in [-0.15, -0.1) is 11.3 Å². The number of fused-ring (bicyclic) bond motifs is 9. The Hall–Kier alpha value is -7.14. The molecule has 0 saturated heterocycles. The summed E-state index contributed by atoms with van der Waals surface area (Å²) in [6.45, 7) is 4.70. The zero-order valence-corrected chi connectivity index (χ0v) is 33.5. The molecule has 0 aliphatic heterocycles. The molecule has 1 aliphatic carbocycles. The predicted octanol–water partition coefficient (Wildman–Crippen LogP) is 14.9. The third-order valence-electron chi connectivity index (χ3n) is 12.4. The summed E-state index contributed by atoms with van der Waals surface area (Å²) in [5, 5.41) is 4.99. The summed E-state index contributed by atoms with van der Waals surface area (Å²) in [7, 11) is 0. The van der Waals surface area contributed by atoms with Crippen LogP contribution in [0.15, 0.2) is 188 Å². The first-order valence-electron chi connectivity index (χ1n) is 20.2. The van der Waals surface area contributed by atoms with Gasteiger partial charge in [0.05, 0.1) is 22.4 Å². The number of rotatable bonds is 5. The fraction of sp³-hybridized carbons (Fsp3) is 0.0545. The SMILES string of the molecule is CC1(C)c2ccccc2-c2ccc(-c3cc(-c4nc(-c5ccccc5)cc(-c5cccc6c5sc5ccccc56)n4)cc(-n4c5ccccc5c5ccccc54)c3)cc21. The summed E-state index contributed by atoms with van der Waals surface area (Å²) in [4.78, 5) is 10.9. The van der Waals surface area contributed by atoms with E-state index in [1.165, 1.54) is 69.8 Å². The number of thiophene rings is 1. The van der Waals surface area contributed by atoms with Crippen molar-refractivity contribution in [3.05, 3.63) is 199 Å². The molecule has 0 spiro atoms. The Kier molecular flexibility index (Phi) is 7.44. The van der Waals surface area contributed by atoms with E-state index in [1.807, 2.05) is 11.3 Å². The van der Waals surface area contributed by atoms with E-state index in [0.29, 0.717) is 5.82 Å². The second kappa shape index (κ2) is 12.9. The van der Waals surface area contributed by atoms with Crippen LogP contribution < -0.4 is 0 Å². The lowest BCUT2D eigenvalue weighted by Crippen LogP contribution is -2.14. The quantitative estimate of drug-likeness (QED) is 0.174. The van der Waals surface area contributed by atoms with Crippen LogP contribution in [0.2, 0.25) is 0 Å². The summed E-state index contributed by atoms with van der Waals surface area (Å²) in [6, 6.07) is 68.2. The van der Waals surface area contributed by atoms with E-state index in [0.717, 1.165) is 39.3 Å². The average Bonchev–Trinajstić information content (AvgIpc) is 3.92. The summed E-state index contributed by atoms with van der Waals surface area (Å²) >= 11 is 1.83. The minimum absolute atomic E-state index is 0.120. The fourth-order valence-corrected chi connectivity index (χ4v) is 10.8. The first-order chi connectivity index (χ1) is 29.0. The van der Waals surface area contributed by atoms with Gasteiger partial charge >= 0.3 is 0 Å². The van der Waals surface area contributed by atoms with E-state index in [2.05, 4.69) is 206 Å².